The molecule has 3 rings (SSSR count). The van der Waals surface area contributed by atoms with Gasteiger partial charge in [0.05, 0.1) is 11.4 Å². The van der Waals surface area contributed by atoms with Gasteiger partial charge < -0.3 is 5.32 Å². The van der Waals surface area contributed by atoms with Crippen molar-refractivity contribution >= 4 is 11.6 Å². The van der Waals surface area contributed by atoms with Gasteiger partial charge in [-0.05, 0) is 37.8 Å². The lowest BCUT2D eigenvalue weighted by molar-refractivity contribution is -0.117. The maximum atomic E-state index is 14.0. The van der Waals surface area contributed by atoms with Crippen LogP contribution in [0.15, 0.2) is 24.3 Å². The van der Waals surface area contributed by atoms with Crippen molar-refractivity contribution in [3.8, 4) is 11.3 Å². The van der Waals surface area contributed by atoms with E-state index < -0.39 is 0 Å². The van der Waals surface area contributed by atoms with Gasteiger partial charge in [-0.25, -0.2) is 4.39 Å². The Bertz CT molecular complexity index is 674. The monoisotopic (exact) mass is 301 g/mol. The van der Waals surface area contributed by atoms with Gasteiger partial charge in [0.25, 0.3) is 0 Å². The molecule has 0 atom stereocenters. The molecule has 5 heteroatoms. The van der Waals surface area contributed by atoms with Crippen LogP contribution in [0, 0.1) is 18.7 Å². The molecule has 1 aromatic heterocycles. The highest BCUT2D eigenvalue weighted by atomic mass is 19.1. The number of rotatable bonds is 4. The second kappa shape index (κ2) is 6.30. The number of benzene rings is 1. The summed E-state index contributed by atoms with van der Waals surface area (Å²) in [6.07, 6.45) is 5.20. The van der Waals surface area contributed by atoms with Gasteiger partial charge in [0.2, 0.25) is 5.91 Å². The third-order valence-corrected chi connectivity index (χ3v) is 4.29. The van der Waals surface area contributed by atoms with Crippen LogP contribution in [0.5, 0.6) is 0 Å². The first-order valence-electron chi connectivity index (χ1n) is 7.75. The summed E-state index contributed by atoms with van der Waals surface area (Å²) in [5.74, 6) is 0.110. The normalized spacial score (nSPS) is 15.2. The summed E-state index contributed by atoms with van der Waals surface area (Å²) in [6, 6.07) is 6.45. The number of nitrogens with zero attached hydrogens (tertiary/aromatic N) is 1. The molecule has 0 unspecified atom stereocenters. The van der Waals surface area contributed by atoms with E-state index in [-0.39, 0.29) is 11.7 Å². The molecule has 1 fully saturated rings. The number of anilines is 1. The van der Waals surface area contributed by atoms with E-state index in [9.17, 15) is 9.18 Å². The predicted octanol–water partition coefficient (Wildman–Crippen LogP) is 4.04. The van der Waals surface area contributed by atoms with E-state index in [2.05, 4.69) is 15.5 Å². The number of aryl methyl sites for hydroxylation is 1. The Labute approximate surface area is 129 Å². The van der Waals surface area contributed by atoms with E-state index in [1.807, 2.05) is 6.92 Å². The first-order valence-corrected chi connectivity index (χ1v) is 7.75. The summed E-state index contributed by atoms with van der Waals surface area (Å²) in [4.78, 5) is 12.2. The Morgan fingerprint density at radius 1 is 1.36 bits per heavy atom. The number of aromatic amines is 1. The van der Waals surface area contributed by atoms with Gasteiger partial charge in [-0.2, -0.15) is 5.10 Å². The van der Waals surface area contributed by atoms with Gasteiger partial charge in [0.1, 0.15) is 11.5 Å². The highest BCUT2D eigenvalue weighted by Crippen LogP contribution is 2.32. The van der Waals surface area contributed by atoms with Crippen LogP contribution in [-0.4, -0.2) is 16.1 Å². The standard InChI is InChI=1S/C17H20FN3O/c1-11-16(19-15(22)10-12-6-2-3-7-12)17(21-20-11)13-8-4-5-9-14(13)18/h4-5,8-9,12H,2-3,6-7,10H2,1H3,(H,19,22)(H,20,21). The summed E-state index contributed by atoms with van der Waals surface area (Å²) in [7, 11) is 0. The summed E-state index contributed by atoms with van der Waals surface area (Å²) >= 11 is 0. The number of amides is 1. The molecule has 22 heavy (non-hydrogen) atoms. The van der Waals surface area contributed by atoms with Crippen molar-refractivity contribution < 1.29 is 9.18 Å². The van der Waals surface area contributed by atoms with Gasteiger partial charge in [0, 0.05) is 12.0 Å². The first kappa shape index (κ1) is 14.8. The van der Waals surface area contributed by atoms with E-state index in [1.165, 1.54) is 18.9 Å². The fourth-order valence-corrected chi connectivity index (χ4v) is 3.10. The Morgan fingerprint density at radius 3 is 2.82 bits per heavy atom. The number of hydrogen-bond donors (Lipinski definition) is 2. The lowest BCUT2D eigenvalue weighted by atomic mass is 10.0. The van der Waals surface area contributed by atoms with Crippen LogP contribution in [0.4, 0.5) is 10.1 Å². The highest BCUT2D eigenvalue weighted by molar-refractivity contribution is 5.95. The number of hydrogen-bond acceptors (Lipinski definition) is 2. The highest BCUT2D eigenvalue weighted by Gasteiger charge is 2.21. The van der Waals surface area contributed by atoms with E-state index in [0.717, 1.165) is 18.5 Å². The van der Waals surface area contributed by atoms with Crippen molar-refractivity contribution in [2.75, 3.05) is 5.32 Å². The molecule has 1 saturated carbocycles. The molecule has 0 bridgehead atoms. The molecule has 1 heterocycles. The molecule has 2 N–H and O–H groups in total. The largest absolute Gasteiger partial charge is 0.323 e. The number of nitrogens with one attached hydrogen (secondary N) is 2. The van der Waals surface area contributed by atoms with Crippen LogP contribution in [0.3, 0.4) is 0 Å². The lowest BCUT2D eigenvalue weighted by Gasteiger charge is -2.10. The SMILES string of the molecule is Cc1[nH]nc(-c2ccccc2F)c1NC(=O)CC1CCCC1. The van der Waals surface area contributed by atoms with Gasteiger partial charge in [0.15, 0.2) is 0 Å². The summed E-state index contributed by atoms with van der Waals surface area (Å²) in [5, 5.41) is 9.89. The van der Waals surface area contributed by atoms with Gasteiger partial charge in [-0.1, -0.05) is 25.0 Å². The van der Waals surface area contributed by atoms with Crippen LogP contribution < -0.4 is 5.32 Å². The summed E-state index contributed by atoms with van der Waals surface area (Å²) in [6.45, 7) is 1.82. The van der Waals surface area contributed by atoms with Gasteiger partial charge in [-0.15, -0.1) is 0 Å². The van der Waals surface area contributed by atoms with Crippen molar-refractivity contribution in [1.29, 1.82) is 0 Å². The molecule has 1 amide bonds. The minimum Gasteiger partial charge on any atom is -0.323 e. The van der Waals surface area contributed by atoms with Crippen LogP contribution in [0.2, 0.25) is 0 Å². The molecule has 1 aromatic carbocycles. The number of halogens is 1. The Balaban J connectivity index is 1.80. The van der Waals surface area contributed by atoms with Crippen molar-refractivity contribution in [3.63, 3.8) is 0 Å². The third kappa shape index (κ3) is 3.03. The van der Waals surface area contributed by atoms with E-state index >= 15 is 0 Å². The maximum Gasteiger partial charge on any atom is 0.224 e. The average Bonchev–Trinajstić information content (AvgIpc) is 3.11. The van der Waals surface area contributed by atoms with Gasteiger partial charge in [-0.3, -0.25) is 9.89 Å². The second-order valence-corrected chi connectivity index (χ2v) is 5.95. The van der Waals surface area contributed by atoms with Crippen molar-refractivity contribution in [3.05, 3.63) is 35.8 Å². The van der Waals surface area contributed by atoms with Gasteiger partial charge >= 0.3 is 0 Å². The zero-order chi connectivity index (χ0) is 15.5. The number of aromatic nitrogens is 2. The molecule has 0 radical (unpaired) electrons. The predicted molar refractivity (Wildman–Crippen MR) is 83.9 cm³/mol. The topological polar surface area (TPSA) is 57.8 Å². The fourth-order valence-electron chi connectivity index (χ4n) is 3.10. The lowest BCUT2D eigenvalue weighted by Crippen LogP contribution is -2.16. The number of carbonyl (C=O) groups is 1. The summed E-state index contributed by atoms with van der Waals surface area (Å²) < 4.78 is 14.0. The van der Waals surface area contributed by atoms with Crippen LogP contribution in [-0.2, 0) is 4.79 Å². The second-order valence-electron chi connectivity index (χ2n) is 5.95. The van der Waals surface area contributed by atoms with E-state index in [1.54, 1.807) is 18.2 Å². The van der Waals surface area contributed by atoms with Crippen LogP contribution in [0.1, 0.15) is 37.8 Å². The molecular formula is C17H20FN3O. The molecule has 0 saturated heterocycles. The minimum absolute atomic E-state index is 0.0195. The fraction of sp³-hybridized carbons (Fsp3) is 0.412. The minimum atomic E-state index is -0.347. The molecule has 116 valence electrons. The molecule has 4 nitrogen and oxygen atoms in total. The molecule has 1 aliphatic carbocycles. The molecule has 1 aliphatic rings. The molecule has 0 spiro atoms. The molecular weight excluding hydrogens is 281 g/mol. The zero-order valence-electron chi connectivity index (χ0n) is 12.7. The Hall–Kier alpha value is -2.17. The third-order valence-electron chi connectivity index (χ3n) is 4.29. The van der Waals surface area contributed by atoms with E-state index in [0.29, 0.717) is 29.3 Å². The quantitative estimate of drug-likeness (QED) is 0.895. The first-order chi connectivity index (χ1) is 10.6. The Kier molecular flexibility index (Phi) is 4.22. The average molecular weight is 301 g/mol. The van der Waals surface area contributed by atoms with Crippen LogP contribution in [0.25, 0.3) is 11.3 Å². The number of carbonyl (C=O) groups excluding carboxylic acids is 1. The maximum absolute atomic E-state index is 14.0. The van der Waals surface area contributed by atoms with Crippen molar-refractivity contribution in [1.82, 2.24) is 10.2 Å². The smallest absolute Gasteiger partial charge is 0.224 e. The number of H-pyrrole nitrogens is 1. The van der Waals surface area contributed by atoms with Crippen LogP contribution >= 0.6 is 0 Å². The summed E-state index contributed by atoms with van der Waals surface area (Å²) in [5.41, 5.74) is 2.16. The van der Waals surface area contributed by atoms with Crippen molar-refractivity contribution in [2.45, 2.75) is 39.0 Å². The van der Waals surface area contributed by atoms with E-state index in [4.69, 9.17) is 0 Å². The zero-order valence-corrected chi connectivity index (χ0v) is 12.7. The Morgan fingerprint density at radius 2 is 2.09 bits per heavy atom. The molecule has 2 aromatic rings. The van der Waals surface area contributed by atoms with Crippen molar-refractivity contribution in [2.24, 2.45) is 5.92 Å². The molecule has 0 aliphatic heterocycles.